The van der Waals surface area contributed by atoms with Crippen molar-refractivity contribution in [3.8, 4) is 0 Å². The number of thiazole rings is 1. The summed E-state index contributed by atoms with van der Waals surface area (Å²) in [6.45, 7) is 2.89. The van der Waals surface area contributed by atoms with E-state index >= 15 is 0 Å². The summed E-state index contributed by atoms with van der Waals surface area (Å²) >= 11 is 1.42. The second kappa shape index (κ2) is 8.61. The maximum absolute atomic E-state index is 12.1. The lowest BCUT2D eigenvalue weighted by molar-refractivity contribution is -0.384. The molecule has 0 fully saturated rings. The summed E-state index contributed by atoms with van der Waals surface area (Å²) in [5.74, 6) is -1.38. The van der Waals surface area contributed by atoms with E-state index in [-0.39, 0.29) is 11.4 Å². The molecule has 0 saturated carbocycles. The standard InChI is InChI=1S/C20H17N3O5S/c1-12-7-8-15(23(26)27)20(13(12)2)22-17(24)11-28-19(25)10-9-18-21-14-5-3-4-6-16(14)29-18/h3-10H,11H2,1-2H3,(H,22,24)/b10-9+. The minimum absolute atomic E-state index is 0.0982. The highest BCUT2D eigenvalue weighted by molar-refractivity contribution is 7.19. The Bertz CT molecular complexity index is 1100. The number of ether oxygens (including phenoxy) is 1. The van der Waals surface area contributed by atoms with E-state index in [1.54, 1.807) is 19.9 Å². The van der Waals surface area contributed by atoms with E-state index in [0.717, 1.165) is 15.8 Å². The predicted molar refractivity (Wildman–Crippen MR) is 111 cm³/mol. The van der Waals surface area contributed by atoms with E-state index in [4.69, 9.17) is 4.74 Å². The molecule has 2 aromatic carbocycles. The summed E-state index contributed by atoms with van der Waals surface area (Å²) in [5.41, 5.74) is 2.08. The summed E-state index contributed by atoms with van der Waals surface area (Å²) in [4.78, 5) is 38.9. The molecule has 0 aliphatic carbocycles. The number of amides is 1. The molecule has 3 aromatic rings. The second-order valence-corrected chi connectivity index (χ2v) is 7.23. The Kier molecular flexibility index (Phi) is 5.99. The molecule has 0 spiro atoms. The van der Waals surface area contributed by atoms with E-state index in [0.29, 0.717) is 10.6 Å². The van der Waals surface area contributed by atoms with Gasteiger partial charge in [0.05, 0.1) is 15.1 Å². The molecule has 0 atom stereocenters. The van der Waals surface area contributed by atoms with Crippen molar-refractivity contribution in [3.05, 3.63) is 68.7 Å². The number of carbonyl (C=O) groups is 2. The minimum Gasteiger partial charge on any atom is -0.452 e. The van der Waals surface area contributed by atoms with E-state index in [1.165, 1.54) is 29.6 Å². The number of anilines is 1. The Morgan fingerprint density at radius 2 is 2.00 bits per heavy atom. The molecule has 0 saturated heterocycles. The number of nitrogens with one attached hydrogen (secondary N) is 1. The van der Waals surface area contributed by atoms with Crippen LogP contribution in [0.4, 0.5) is 11.4 Å². The lowest BCUT2D eigenvalue weighted by atomic mass is 10.1. The molecule has 1 aromatic heterocycles. The molecule has 1 N–H and O–H groups in total. The Labute approximate surface area is 170 Å². The first kappa shape index (κ1) is 20.2. The van der Waals surface area contributed by atoms with Crippen LogP contribution in [0.1, 0.15) is 16.1 Å². The van der Waals surface area contributed by atoms with Crippen LogP contribution in [0.5, 0.6) is 0 Å². The third-order valence-corrected chi connectivity index (χ3v) is 5.19. The normalized spacial score (nSPS) is 11.0. The molecule has 9 heteroatoms. The van der Waals surface area contributed by atoms with Crippen molar-refractivity contribution in [3.63, 3.8) is 0 Å². The molecule has 0 bridgehead atoms. The molecule has 0 unspecified atom stereocenters. The van der Waals surface area contributed by atoms with Crippen LogP contribution in [0.15, 0.2) is 42.5 Å². The molecule has 1 heterocycles. The number of nitrogens with zero attached hydrogens (tertiary/aromatic N) is 2. The van der Waals surface area contributed by atoms with Gasteiger partial charge >= 0.3 is 5.97 Å². The molecule has 29 heavy (non-hydrogen) atoms. The second-order valence-electron chi connectivity index (χ2n) is 6.17. The van der Waals surface area contributed by atoms with Crippen molar-refractivity contribution in [2.75, 3.05) is 11.9 Å². The van der Waals surface area contributed by atoms with Gasteiger partial charge in [0.15, 0.2) is 6.61 Å². The number of para-hydroxylation sites is 1. The number of hydrogen-bond acceptors (Lipinski definition) is 7. The van der Waals surface area contributed by atoms with Crippen LogP contribution in [-0.4, -0.2) is 28.4 Å². The number of aromatic nitrogens is 1. The van der Waals surface area contributed by atoms with Crippen LogP contribution in [0.2, 0.25) is 0 Å². The van der Waals surface area contributed by atoms with Crippen molar-refractivity contribution >= 4 is 50.9 Å². The van der Waals surface area contributed by atoms with Crippen LogP contribution < -0.4 is 5.32 Å². The monoisotopic (exact) mass is 411 g/mol. The van der Waals surface area contributed by atoms with Crippen LogP contribution in [0.3, 0.4) is 0 Å². The van der Waals surface area contributed by atoms with Gasteiger partial charge < -0.3 is 10.1 Å². The maximum Gasteiger partial charge on any atom is 0.331 e. The third kappa shape index (κ3) is 4.82. The average Bonchev–Trinajstić information content (AvgIpc) is 3.11. The summed E-state index contributed by atoms with van der Waals surface area (Å²) in [6, 6.07) is 10.5. The number of aryl methyl sites for hydroxylation is 1. The van der Waals surface area contributed by atoms with Crippen LogP contribution in [-0.2, 0) is 14.3 Å². The number of fused-ring (bicyclic) bond motifs is 1. The molecule has 0 radical (unpaired) electrons. The van der Waals surface area contributed by atoms with Gasteiger partial charge in [0.2, 0.25) is 0 Å². The largest absolute Gasteiger partial charge is 0.452 e. The predicted octanol–water partition coefficient (Wildman–Crippen LogP) is 4.02. The fraction of sp³-hybridized carbons (Fsp3) is 0.150. The number of benzene rings is 2. The van der Waals surface area contributed by atoms with Crippen LogP contribution in [0.25, 0.3) is 16.3 Å². The highest BCUT2D eigenvalue weighted by atomic mass is 32.1. The smallest absolute Gasteiger partial charge is 0.331 e. The van der Waals surface area contributed by atoms with E-state index < -0.39 is 23.4 Å². The Morgan fingerprint density at radius 3 is 2.72 bits per heavy atom. The first-order chi connectivity index (χ1) is 13.8. The molecule has 0 aliphatic heterocycles. The molecule has 1 amide bonds. The first-order valence-corrected chi connectivity index (χ1v) is 9.41. The van der Waals surface area contributed by atoms with Gasteiger partial charge in [-0.15, -0.1) is 11.3 Å². The highest BCUT2D eigenvalue weighted by Gasteiger charge is 2.19. The van der Waals surface area contributed by atoms with Crippen molar-refractivity contribution in [2.45, 2.75) is 13.8 Å². The Hall–Kier alpha value is -3.59. The number of carbonyl (C=O) groups excluding carboxylic acids is 2. The maximum atomic E-state index is 12.1. The Morgan fingerprint density at radius 1 is 1.24 bits per heavy atom. The lowest BCUT2D eigenvalue weighted by Gasteiger charge is -2.11. The Balaban J connectivity index is 1.60. The van der Waals surface area contributed by atoms with Gasteiger partial charge in [0.25, 0.3) is 11.6 Å². The number of esters is 1. The lowest BCUT2D eigenvalue weighted by Crippen LogP contribution is -2.21. The van der Waals surface area contributed by atoms with Crippen molar-refractivity contribution in [1.29, 1.82) is 0 Å². The zero-order valence-corrected chi connectivity index (χ0v) is 16.5. The zero-order valence-electron chi connectivity index (χ0n) is 15.7. The number of nitro benzene ring substituents is 1. The molecule has 148 valence electrons. The topological polar surface area (TPSA) is 111 Å². The van der Waals surface area contributed by atoms with Crippen LogP contribution in [0, 0.1) is 24.0 Å². The van der Waals surface area contributed by atoms with Gasteiger partial charge in [-0.2, -0.15) is 0 Å². The van der Waals surface area contributed by atoms with Crippen molar-refractivity contribution in [1.82, 2.24) is 4.98 Å². The van der Waals surface area contributed by atoms with Crippen LogP contribution >= 0.6 is 11.3 Å². The fourth-order valence-corrected chi connectivity index (χ4v) is 3.44. The fourth-order valence-electron chi connectivity index (χ4n) is 2.57. The molecule has 3 rings (SSSR count). The number of hydrogen-bond donors (Lipinski definition) is 1. The van der Waals surface area contributed by atoms with Gasteiger partial charge in [0.1, 0.15) is 10.7 Å². The summed E-state index contributed by atoms with van der Waals surface area (Å²) < 4.78 is 5.91. The zero-order chi connectivity index (χ0) is 21.0. The van der Waals surface area contributed by atoms with Crippen molar-refractivity contribution < 1.29 is 19.2 Å². The minimum atomic E-state index is -0.713. The van der Waals surface area contributed by atoms with Gasteiger partial charge in [-0.05, 0) is 43.2 Å². The van der Waals surface area contributed by atoms with Gasteiger partial charge in [-0.3, -0.25) is 14.9 Å². The first-order valence-electron chi connectivity index (χ1n) is 8.60. The third-order valence-electron chi connectivity index (χ3n) is 4.19. The summed E-state index contributed by atoms with van der Waals surface area (Å²) in [6.07, 6.45) is 2.70. The van der Waals surface area contributed by atoms with Gasteiger partial charge in [0, 0.05) is 12.1 Å². The molecule has 8 nitrogen and oxygen atoms in total. The quantitative estimate of drug-likeness (QED) is 0.284. The highest BCUT2D eigenvalue weighted by Crippen LogP contribution is 2.30. The number of rotatable bonds is 6. The van der Waals surface area contributed by atoms with Crippen molar-refractivity contribution in [2.24, 2.45) is 0 Å². The van der Waals surface area contributed by atoms with Gasteiger partial charge in [-0.1, -0.05) is 18.2 Å². The van der Waals surface area contributed by atoms with E-state index in [1.807, 2.05) is 24.3 Å². The SMILES string of the molecule is Cc1ccc([N+](=O)[O-])c(NC(=O)COC(=O)/C=C/c2nc3ccccc3s2)c1C. The van der Waals surface area contributed by atoms with E-state index in [9.17, 15) is 19.7 Å². The molecule has 0 aliphatic rings. The summed E-state index contributed by atoms with van der Waals surface area (Å²) in [7, 11) is 0. The summed E-state index contributed by atoms with van der Waals surface area (Å²) in [5, 5.41) is 14.3. The molecular formula is C20H17N3O5S. The molecular weight excluding hydrogens is 394 g/mol. The number of nitro groups is 1. The average molecular weight is 411 g/mol. The van der Waals surface area contributed by atoms with Gasteiger partial charge in [-0.25, -0.2) is 9.78 Å². The van der Waals surface area contributed by atoms with E-state index in [2.05, 4.69) is 10.3 Å².